The molecule has 1 aromatic rings. The Hall–Kier alpha value is -1.77. The van der Waals surface area contributed by atoms with Gasteiger partial charge in [-0.05, 0) is 18.9 Å². The first kappa shape index (κ1) is 19.0. The highest BCUT2D eigenvalue weighted by atomic mass is 16.5. The molecule has 144 valence electrons. The van der Waals surface area contributed by atoms with Crippen molar-refractivity contribution in [3.05, 3.63) is 18.5 Å². The predicted octanol–water partition coefficient (Wildman–Crippen LogP) is -0.154. The zero-order valence-corrected chi connectivity index (χ0v) is 15.5. The van der Waals surface area contributed by atoms with Crippen LogP contribution in [0, 0.1) is 5.41 Å². The highest BCUT2D eigenvalue weighted by molar-refractivity contribution is 5.78. The van der Waals surface area contributed by atoms with Crippen molar-refractivity contribution in [3.8, 4) is 0 Å². The van der Waals surface area contributed by atoms with Crippen LogP contribution in [0.4, 0.5) is 5.95 Å². The van der Waals surface area contributed by atoms with Gasteiger partial charge in [-0.15, -0.1) is 0 Å². The van der Waals surface area contributed by atoms with Crippen molar-refractivity contribution in [2.75, 3.05) is 71.0 Å². The number of aliphatic hydroxyl groups excluding tert-OH is 1. The Kier molecular flexibility index (Phi) is 6.39. The maximum Gasteiger partial charge on any atom is 0.236 e. The normalized spacial score (nSPS) is 20.8. The maximum atomic E-state index is 12.6. The van der Waals surface area contributed by atoms with E-state index in [0.717, 1.165) is 45.0 Å². The van der Waals surface area contributed by atoms with Crippen molar-refractivity contribution in [3.63, 3.8) is 0 Å². The van der Waals surface area contributed by atoms with Crippen LogP contribution in [0.3, 0.4) is 0 Å². The molecule has 2 aliphatic heterocycles. The molecule has 2 aliphatic rings. The first-order valence-electron chi connectivity index (χ1n) is 9.29. The van der Waals surface area contributed by atoms with Crippen LogP contribution < -0.4 is 4.90 Å². The standard InChI is InChI=1S/C18H29N5O3/c1-21(14-18(15-24)3-11-26-12-4-18)16(25)13-22-7-9-23(10-8-22)17-19-5-2-6-20-17/h2,5-6,24H,3-4,7-15H2,1H3. The molecule has 0 aromatic carbocycles. The summed E-state index contributed by atoms with van der Waals surface area (Å²) in [4.78, 5) is 27.3. The molecule has 0 saturated carbocycles. The highest BCUT2D eigenvalue weighted by Gasteiger charge is 2.34. The Morgan fingerprint density at radius 2 is 1.88 bits per heavy atom. The van der Waals surface area contributed by atoms with Gasteiger partial charge in [0.05, 0.1) is 13.2 Å². The molecule has 0 bridgehead atoms. The van der Waals surface area contributed by atoms with E-state index in [-0.39, 0.29) is 17.9 Å². The smallest absolute Gasteiger partial charge is 0.236 e. The molecular formula is C18H29N5O3. The van der Waals surface area contributed by atoms with Crippen molar-refractivity contribution >= 4 is 11.9 Å². The number of carbonyl (C=O) groups is 1. The quantitative estimate of drug-likeness (QED) is 0.752. The third-order valence-corrected chi connectivity index (χ3v) is 5.45. The summed E-state index contributed by atoms with van der Waals surface area (Å²) < 4.78 is 5.40. The van der Waals surface area contributed by atoms with Crippen LogP contribution in [0.25, 0.3) is 0 Å². The molecule has 8 heteroatoms. The number of hydrogen-bond acceptors (Lipinski definition) is 7. The highest BCUT2D eigenvalue weighted by Crippen LogP contribution is 2.30. The van der Waals surface area contributed by atoms with Gasteiger partial charge in [0.15, 0.2) is 0 Å². The number of rotatable bonds is 6. The number of hydrogen-bond donors (Lipinski definition) is 1. The van der Waals surface area contributed by atoms with E-state index in [1.807, 2.05) is 13.1 Å². The number of anilines is 1. The van der Waals surface area contributed by atoms with Gasteiger partial charge in [0, 0.05) is 70.8 Å². The largest absolute Gasteiger partial charge is 0.396 e. The molecular weight excluding hydrogens is 334 g/mol. The van der Waals surface area contributed by atoms with Crippen LogP contribution in [0.5, 0.6) is 0 Å². The maximum absolute atomic E-state index is 12.6. The topological polar surface area (TPSA) is 82.0 Å². The van der Waals surface area contributed by atoms with Crippen LogP contribution in [-0.4, -0.2) is 96.9 Å². The Morgan fingerprint density at radius 3 is 2.50 bits per heavy atom. The molecule has 1 N–H and O–H groups in total. The fourth-order valence-electron chi connectivity index (χ4n) is 3.63. The number of aromatic nitrogens is 2. The number of amides is 1. The number of ether oxygens (including phenoxy) is 1. The number of piperazine rings is 1. The van der Waals surface area contributed by atoms with Gasteiger partial charge in [-0.2, -0.15) is 0 Å². The fraction of sp³-hybridized carbons (Fsp3) is 0.722. The van der Waals surface area contributed by atoms with E-state index in [1.54, 1.807) is 17.3 Å². The number of likely N-dealkylation sites (N-methyl/N-ethyl adjacent to an activating group) is 1. The SMILES string of the molecule is CN(CC1(CO)CCOCC1)C(=O)CN1CCN(c2ncccn2)CC1. The van der Waals surface area contributed by atoms with Crippen molar-refractivity contribution in [1.82, 2.24) is 19.8 Å². The summed E-state index contributed by atoms with van der Waals surface area (Å²) in [7, 11) is 1.84. The summed E-state index contributed by atoms with van der Waals surface area (Å²) in [5.74, 6) is 0.855. The lowest BCUT2D eigenvalue weighted by Gasteiger charge is -2.39. The van der Waals surface area contributed by atoms with Crippen molar-refractivity contribution in [1.29, 1.82) is 0 Å². The van der Waals surface area contributed by atoms with Gasteiger partial charge < -0.3 is 19.6 Å². The Labute approximate surface area is 154 Å². The van der Waals surface area contributed by atoms with Gasteiger partial charge in [0.1, 0.15) is 0 Å². The van der Waals surface area contributed by atoms with Gasteiger partial charge in [-0.1, -0.05) is 0 Å². The minimum atomic E-state index is -0.216. The lowest BCUT2D eigenvalue weighted by atomic mass is 9.80. The monoisotopic (exact) mass is 363 g/mol. The Bertz CT molecular complexity index is 571. The second kappa shape index (κ2) is 8.75. The van der Waals surface area contributed by atoms with Crippen LogP contribution in [-0.2, 0) is 9.53 Å². The Balaban J connectivity index is 1.46. The lowest BCUT2D eigenvalue weighted by molar-refractivity contribution is -0.134. The molecule has 0 atom stereocenters. The van der Waals surface area contributed by atoms with E-state index in [0.29, 0.717) is 26.3 Å². The predicted molar refractivity (Wildman–Crippen MR) is 97.9 cm³/mol. The molecule has 26 heavy (non-hydrogen) atoms. The minimum absolute atomic E-state index is 0.101. The van der Waals surface area contributed by atoms with E-state index in [1.165, 1.54) is 0 Å². The summed E-state index contributed by atoms with van der Waals surface area (Å²) in [6.45, 7) is 5.69. The molecule has 0 unspecified atom stereocenters. The van der Waals surface area contributed by atoms with Crippen LogP contribution in [0.1, 0.15) is 12.8 Å². The minimum Gasteiger partial charge on any atom is -0.396 e. The summed E-state index contributed by atoms with van der Waals surface area (Å²) >= 11 is 0. The van der Waals surface area contributed by atoms with E-state index in [9.17, 15) is 9.90 Å². The van der Waals surface area contributed by atoms with Crippen LogP contribution in [0.2, 0.25) is 0 Å². The second-order valence-corrected chi connectivity index (χ2v) is 7.33. The first-order valence-corrected chi connectivity index (χ1v) is 9.29. The van der Waals surface area contributed by atoms with Gasteiger partial charge in [0.2, 0.25) is 11.9 Å². The average molecular weight is 363 g/mol. The van der Waals surface area contributed by atoms with Gasteiger partial charge in [-0.3, -0.25) is 9.69 Å². The van der Waals surface area contributed by atoms with E-state index in [2.05, 4.69) is 19.8 Å². The second-order valence-electron chi connectivity index (χ2n) is 7.33. The fourth-order valence-corrected chi connectivity index (χ4v) is 3.63. The van der Waals surface area contributed by atoms with E-state index < -0.39 is 0 Å². The first-order chi connectivity index (χ1) is 12.6. The van der Waals surface area contributed by atoms with Gasteiger partial charge in [-0.25, -0.2) is 9.97 Å². The van der Waals surface area contributed by atoms with Gasteiger partial charge in [0.25, 0.3) is 0 Å². The third-order valence-electron chi connectivity index (χ3n) is 5.45. The van der Waals surface area contributed by atoms with Gasteiger partial charge >= 0.3 is 0 Å². The molecule has 8 nitrogen and oxygen atoms in total. The zero-order valence-electron chi connectivity index (χ0n) is 15.5. The van der Waals surface area contributed by atoms with Crippen LogP contribution >= 0.6 is 0 Å². The molecule has 2 fully saturated rings. The van der Waals surface area contributed by atoms with E-state index >= 15 is 0 Å². The average Bonchev–Trinajstić information content (AvgIpc) is 2.70. The molecule has 2 saturated heterocycles. The molecule has 0 radical (unpaired) electrons. The molecule has 1 aromatic heterocycles. The molecule has 3 heterocycles. The molecule has 0 aliphatic carbocycles. The van der Waals surface area contributed by atoms with Crippen molar-refractivity contribution in [2.24, 2.45) is 5.41 Å². The van der Waals surface area contributed by atoms with Crippen molar-refractivity contribution < 1.29 is 14.6 Å². The van der Waals surface area contributed by atoms with Crippen molar-refractivity contribution in [2.45, 2.75) is 12.8 Å². The number of aliphatic hydroxyl groups is 1. The number of carbonyl (C=O) groups excluding carboxylic acids is 1. The molecule has 3 rings (SSSR count). The lowest BCUT2D eigenvalue weighted by Crippen LogP contribution is -2.51. The molecule has 1 amide bonds. The summed E-state index contributed by atoms with van der Waals surface area (Å²) in [6, 6.07) is 1.81. The zero-order chi connectivity index (χ0) is 18.4. The summed E-state index contributed by atoms with van der Waals surface area (Å²) in [5.41, 5.74) is -0.216. The van der Waals surface area contributed by atoms with E-state index in [4.69, 9.17) is 4.74 Å². The summed E-state index contributed by atoms with van der Waals surface area (Å²) in [6.07, 6.45) is 5.11. The van der Waals surface area contributed by atoms with Crippen LogP contribution in [0.15, 0.2) is 18.5 Å². The third kappa shape index (κ3) is 4.69. The Morgan fingerprint density at radius 1 is 1.23 bits per heavy atom. The summed E-state index contributed by atoms with van der Waals surface area (Å²) in [5, 5.41) is 9.81. The number of nitrogens with zero attached hydrogens (tertiary/aromatic N) is 5. The molecule has 0 spiro atoms.